The van der Waals surface area contributed by atoms with E-state index in [1.807, 2.05) is 32.0 Å². The number of anilines is 2. The van der Waals surface area contributed by atoms with E-state index in [1.165, 1.54) is 6.07 Å². The average Bonchev–Trinajstić information content (AvgIpc) is 3.84. The van der Waals surface area contributed by atoms with E-state index in [2.05, 4.69) is 30.9 Å². The van der Waals surface area contributed by atoms with Gasteiger partial charge in [-0.3, -0.25) is 39.1 Å². The van der Waals surface area contributed by atoms with Crippen LogP contribution in [0.2, 0.25) is 0 Å². The molecule has 4 fully saturated rings. The number of amides is 5. The van der Waals surface area contributed by atoms with Gasteiger partial charge in [-0.25, -0.2) is 13.8 Å². The minimum Gasteiger partial charge on any atom is -0.368 e. The summed E-state index contributed by atoms with van der Waals surface area (Å²) in [6.45, 7) is 6.87. The highest BCUT2D eigenvalue weighted by molar-refractivity contribution is 6.23. The quantitative estimate of drug-likeness (QED) is 0.200. The van der Waals surface area contributed by atoms with Gasteiger partial charge in [-0.15, -0.1) is 0 Å². The smallest absolute Gasteiger partial charge is 0.262 e. The van der Waals surface area contributed by atoms with Crippen molar-refractivity contribution < 1.29 is 37.3 Å². The zero-order valence-corrected chi connectivity index (χ0v) is 33.1. The molecule has 308 valence electrons. The fourth-order valence-corrected chi connectivity index (χ4v) is 9.92. The van der Waals surface area contributed by atoms with Crippen molar-refractivity contribution in [2.45, 2.75) is 83.0 Å². The van der Waals surface area contributed by atoms with Crippen LogP contribution in [0.4, 0.5) is 20.2 Å². The molecule has 0 saturated carbocycles. The Morgan fingerprint density at radius 3 is 2.25 bits per heavy atom. The lowest BCUT2D eigenvalue weighted by atomic mass is 9.96. The van der Waals surface area contributed by atoms with Gasteiger partial charge in [-0.1, -0.05) is 11.2 Å². The van der Waals surface area contributed by atoms with Crippen molar-refractivity contribution in [2.75, 3.05) is 36.0 Å². The van der Waals surface area contributed by atoms with Gasteiger partial charge in [0.25, 0.3) is 11.8 Å². The number of benzene rings is 3. The number of aromatic nitrogens is 3. The van der Waals surface area contributed by atoms with Gasteiger partial charge in [-0.2, -0.15) is 0 Å². The van der Waals surface area contributed by atoms with Gasteiger partial charge in [-0.05, 0) is 94.0 Å². The van der Waals surface area contributed by atoms with Crippen LogP contribution in [0, 0.1) is 25.5 Å². The van der Waals surface area contributed by atoms with Gasteiger partial charge in [0, 0.05) is 74.1 Å². The number of imidazole rings is 1. The zero-order chi connectivity index (χ0) is 41.6. The Morgan fingerprint density at radius 2 is 1.52 bits per heavy atom. The lowest BCUT2D eigenvalue weighted by Crippen LogP contribution is -2.61. The number of imide groups is 2. The molecule has 5 aliphatic heterocycles. The number of fused-ring (bicyclic) bond motifs is 2. The minimum atomic E-state index is -1.01. The van der Waals surface area contributed by atoms with Gasteiger partial charge >= 0.3 is 0 Å². The number of halogens is 2. The Balaban J connectivity index is 0.885. The second-order valence-corrected chi connectivity index (χ2v) is 16.5. The van der Waals surface area contributed by atoms with Crippen molar-refractivity contribution in [3.05, 3.63) is 94.6 Å². The molecule has 0 radical (unpaired) electrons. The molecule has 1 unspecified atom stereocenters. The summed E-state index contributed by atoms with van der Waals surface area (Å²) in [5.41, 5.74) is 5.92. The Morgan fingerprint density at radius 1 is 0.750 bits per heavy atom. The Hall–Kier alpha value is -6.29. The summed E-state index contributed by atoms with van der Waals surface area (Å²) >= 11 is 0. The summed E-state index contributed by atoms with van der Waals surface area (Å²) in [6.07, 6.45) is 3.35. The monoisotopic (exact) mass is 816 g/mol. The number of aryl methyl sites for hydroxylation is 2. The first kappa shape index (κ1) is 37.9. The summed E-state index contributed by atoms with van der Waals surface area (Å²) in [7, 11) is 0. The van der Waals surface area contributed by atoms with Crippen LogP contribution in [0.5, 0.6) is 0 Å². The number of rotatable bonds is 7. The van der Waals surface area contributed by atoms with E-state index in [1.54, 1.807) is 17.0 Å². The van der Waals surface area contributed by atoms with Crippen LogP contribution in [0.25, 0.3) is 22.2 Å². The molecule has 0 spiro atoms. The van der Waals surface area contributed by atoms with Crippen LogP contribution in [0.3, 0.4) is 0 Å². The first-order valence-electron chi connectivity index (χ1n) is 20.5. The number of piperidine rings is 3. The van der Waals surface area contributed by atoms with E-state index in [-0.39, 0.29) is 42.0 Å². The number of carbonyl (C=O) groups excluding carboxylic acids is 5. The minimum absolute atomic E-state index is 0.0544. The van der Waals surface area contributed by atoms with E-state index in [0.29, 0.717) is 36.5 Å². The third-order valence-corrected chi connectivity index (χ3v) is 13.0. The maximum Gasteiger partial charge on any atom is 0.262 e. The maximum atomic E-state index is 14.6. The molecule has 3 aromatic carbocycles. The van der Waals surface area contributed by atoms with Gasteiger partial charge in [0.2, 0.25) is 17.7 Å². The highest BCUT2D eigenvalue weighted by Crippen LogP contribution is 2.42. The number of nitrogens with one attached hydrogen (secondary N) is 1. The highest BCUT2D eigenvalue weighted by atomic mass is 19.2. The summed E-state index contributed by atoms with van der Waals surface area (Å²) in [5.74, 6) is -2.84. The highest BCUT2D eigenvalue weighted by Gasteiger charge is 2.45. The number of carbonyl (C=O) groups is 5. The summed E-state index contributed by atoms with van der Waals surface area (Å²) in [5, 5.41) is 6.38. The van der Waals surface area contributed by atoms with Crippen LogP contribution in [0.15, 0.2) is 59.1 Å². The molecule has 7 heterocycles. The largest absolute Gasteiger partial charge is 0.368 e. The summed E-state index contributed by atoms with van der Waals surface area (Å²) in [6, 6.07) is 13.8. The number of nitrogens with zero attached hydrogens (tertiary/aromatic N) is 7. The fraction of sp³-hybridized carbons (Fsp3) is 0.386. The molecule has 10 rings (SSSR count). The summed E-state index contributed by atoms with van der Waals surface area (Å²) in [4.78, 5) is 77.0. The van der Waals surface area contributed by atoms with Gasteiger partial charge < -0.3 is 18.9 Å². The van der Waals surface area contributed by atoms with Gasteiger partial charge in [0.1, 0.15) is 17.6 Å². The Labute approximate surface area is 343 Å². The Bertz CT molecular complexity index is 2620. The predicted molar refractivity (Wildman–Crippen MR) is 214 cm³/mol. The third-order valence-electron chi connectivity index (χ3n) is 13.0. The zero-order valence-electron chi connectivity index (χ0n) is 33.1. The van der Waals surface area contributed by atoms with E-state index in [4.69, 9.17) is 9.51 Å². The molecule has 4 saturated heterocycles. The molecule has 0 aliphatic carbocycles. The maximum absolute atomic E-state index is 14.6. The molecule has 5 amide bonds. The lowest BCUT2D eigenvalue weighted by Gasteiger charge is -2.49. The molecule has 5 aliphatic rings. The van der Waals surface area contributed by atoms with Crippen molar-refractivity contribution in [3.63, 3.8) is 0 Å². The van der Waals surface area contributed by atoms with Crippen molar-refractivity contribution in [2.24, 2.45) is 0 Å². The van der Waals surface area contributed by atoms with Crippen molar-refractivity contribution in [3.8, 4) is 11.1 Å². The average molecular weight is 817 g/mol. The van der Waals surface area contributed by atoms with Gasteiger partial charge in [0.05, 0.1) is 33.9 Å². The van der Waals surface area contributed by atoms with Crippen molar-refractivity contribution in [1.29, 1.82) is 0 Å². The van der Waals surface area contributed by atoms with Crippen LogP contribution in [0.1, 0.15) is 95.0 Å². The van der Waals surface area contributed by atoms with Crippen LogP contribution < -0.4 is 15.1 Å². The first-order chi connectivity index (χ1) is 28.9. The van der Waals surface area contributed by atoms with E-state index >= 15 is 0 Å². The normalized spacial score (nSPS) is 21.9. The molecule has 5 aromatic rings. The molecule has 60 heavy (non-hydrogen) atoms. The number of hydrogen-bond acceptors (Lipinski definition) is 10. The molecule has 16 heteroatoms. The Kier molecular flexibility index (Phi) is 9.15. The van der Waals surface area contributed by atoms with Crippen molar-refractivity contribution >= 4 is 51.9 Å². The second-order valence-electron chi connectivity index (χ2n) is 16.5. The fourth-order valence-electron chi connectivity index (χ4n) is 9.92. The SMILES string of the molecule is Cc1noc(C)c1-c1ccc2c(c1)nc([C@@H]1CCCC(=O)N1c1ccc(F)c(F)c1)n2C1CCN(C2CN(c3ccc4c(c3)C(=O)N(C3CCC(=O)NC3=O)C4=O)C2)CC1. The van der Waals surface area contributed by atoms with E-state index in [0.717, 1.165) is 89.6 Å². The predicted octanol–water partition coefficient (Wildman–Crippen LogP) is 5.77. The van der Waals surface area contributed by atoms with Crippen LogP contribution >= 0.6 is 0 Å². The van der Waals surface area contributed by atoms with Crippen LogP contribution in [-0.2, 0) is 14.4 Å². The molecular weight excluding hydrogens is 775 g/mol. The standard InChI is InChI=1S/C44H42F2N8O6/c1-23-40(24(2)60-49-23)25-6-11-35-34(18-25)47-41(36-4-3-5-39(56)52(36)28-8-10-32(45)33(46)20-28)53(35)26-14-16-50(17-15-26)29-21-51(22-29)27-7-9-30-31(19-27)44(59)54(43(30)58)37-12-13-38(55)48-42(37)57/h6-11,18-20,26,29,36-37H,3-5,12-17,21-22H2,1-2H3,(H,48,55,57)/t36-,37?/m0/s1. The van der Waals surface area contributed by atoms with Crippen LogP contribution in [-0.4, -0.2) is 92.3 Å². The lowest BCUT2D eigenvalue weighted by molar-refractivity contribution is -0.136. The molecule has 14 nitrogen and oxygen atoms in total. The molecule has 2 atom stereocenters. The van der Waals surface area contributed by atoms with E-state index in [9.17, 15) is 32.8 Å². The van der Waals surface area contributed by atoms with Gasteiger partial charge in [0.15, 0.2) is 11.6 Å². The third kappa shape index (κ3) is 6.18. The second kappa shape index (κ2) is 14.5. The molecule has 1 N–H and O–H groups in total. The summed E-state index contributed by atoms with van der Waals surface area (Å²) < 4.78 is 36.4. The topological polar surface area (TPSA) is 154 Å². The molecule has 0 bridgehead atoms. The number of likely N-dealkylation sites (tertiary alicyclic amines) is 1. The number of hydrogen-bond donors (Lipinski definition) is 1. The molecule has 2 aromatic heterocycles. The van der Waals surface area contributed by atoms with Crippen molar-refractivity contribution in [1.82, 2.24) is 29.8 Å². The first-order valence-corrected chi connectivity index (χ1v) is 20.5. The molecular formula is C44H42F2N8O6. The van der Waals surface area contributed by atoms with E-state index < -0.39 is 47.3 Å².